The number of halogens is 1. The number of hydrogen-bond donors (Lipinski definition) is 0. The monoisotopic (exact) mass is 309 g/mol. The number of rotatable bonds is 1. The average molecular weight is 310 g/mol. The molecule has 0 bridgehead atoms. The van der Waals surface area contributed by atoms with Crippen molar-refractivity contribution >= 4 is 42.1 Å². The summed E-state index contributed by atoms with van der Waals surface area (Å²) in [7, 11) is -1.94. The molecule has 0 aliphatic carbocycles. The van der Waals surface area contributed by atoms with Crippen LogP contribution in [-0.2, 0) is 9.73 Å². The molecule has 2 nitrogen and oxygen atoms in total. The van der Waals surface area contributed by atoms with Crippen molar-refractivity contribution in [1.29, 1.82) is 0 Å². The summed E-state index contributed by atoms with van der Waals surface area (Å²) >= 11 is 3.57. The summed E-state index contributed by atoms with van der Waals surface area (Å²) in [6.07, 6.45) is 1.04. The largest absolute Gasteiger partial charge is 0.249 e. The molecule has 0 unspecified atom stereocenters. The van der Waals surface area contributed by atoms with Crippen LogP contribution in [0.25, 0.3) is 10.8 Å². The summed E-state index contributed by atoms with van der Waals surface area (Å²) in [6, 6.07) is 12.1. The Hall–Kier alpha value is -0.870. The van der Waals surface area contributed by atoms with Crippen LogP contribution in [-0.4, -0.2) is 15.7 Å². The summed E-state index contributed by atoms with van der Waals surface area (Å²) in [5.41, 5.74) is 0.813. The molecule has 4 heteroatoms. The van der Waals surface area contributed by atoms with Crippen LogP contribution < -0.4 is 0 Å². The molecular formula is C13H12BrNOS. The lowest BCUT2D eigenvalue weighted by Crippen LogP contribution is -2.22. The van der Waals surface area contributed by atoms with Gasteiger partial charge in [-0.3, -0.25) is 0 Å². The average Bonchev–Trinajstić information content (AvgIpc) is 2.31. The molecule has 17 heavy (non-hydrogen) atoms. The topological polar surface area (TPSA) is 29.4 Å². The molecule has 88 valence electrons. The number of nitrogens with zero attached hydrogens (tertiary/aromatic N) is 1. The van der Waals surface area contributed by atoms with E-state index in [1.807, 2.05) is 30.3 Å². The molecule has 0 amide bonds. The second-order valence-electron chi connectivity index (χ2n) is 4.25. The fourth-order valence-electron chi connectivity index (χ4n) is 1.95. The molecule has 0 spiro atoms. The zero-order chi connectivity index (χ0) is 11.9. The molecule has 0 radical (unpaired) electrons. The molecule has 0 saturated carbocycles. The van der Waals surface area contributed by atoms with Crippen molar-refractivity contribution < 1.29 is 4.21 Å². The van der Waals surface area contributed by atoms with Gasteiger partial charge in [0, 0.05) is 11.5 Å². The maximum atomic E-state index is 12.1. The standard InChI is InChI=1S/C13H12BrNOS/c14-13-11-5-2-1-4-10(11)6-7-12(13)15-17(16)8-3-9-17/h1-2,4-7H,3,8-9H2. The highest BCUT2D eigenvalue weighted by atomic mass is 79.9. The van der Waals surface area contributed by atoms with E-state index in [0.717, 1.165) is 33.5 Å². The minimum atomic E-state index is -1.94. The molecule has 2 aromatic rings. The minimum Gasteiger partial charge on any atom is -0.249 e. The van der Waals surface area contributed by atoms with Crippen LogP contribution in [0.1, 0.15) is 6.42 Å². The third-order valence-electron chi connectivity index (χ3n) is 3.03. The van der Waals surface area contributed by atoms with Crippen molar-refractivity contribution in [2.24, 2.45) is 4.36 Å². The Bertz CT molecular complexity index is 692. The molecule has 1 heterocycles. The van der Waals surface area contributed by atoms with E-state index < -0.39 is 9.73 Å². The van der Waals surface area contributed by atoms with Gasteiger partial charge in [-0.15, -0.1) is 0 Å². The van der Waals surface area contributed by atoms with Crippen molar-refractivity contribution in [2.75, 3.05) is 11.5 Å². The Kier molecular flexibility index (Phi) is 2.71. The quantitative estimate of drug-likeness (QED) is 0.779. The minimum absolute atomic E-state index is 0.742. The molecule has 1 aliphatic rings. The van der Waals surface area contributed by atoms with Gasteiger partial charge in [0.15, 0.2) is 0 Å². The lowest BCUT2D eigenvalue weighted by molar-refractivity contribution is 0.663. The molecule has 1 saturated heterocycles. The smallest absolute Gasteiger partial charge is 0.0878 e. The summed E-state index contributed by atoms with van der Waals surface area (Å²) < 4.78 is 17.5. The zero-order valence-electron chi connectivity index (χ0n) is 9.23. The van der Waals surface area contributed by atoms with Gasteiger partial charge in [0.05, 0.1) is 19.9 Å². The van der Waals surface area contributed by atoms with Gasteiger partial charge in [0.2, 0.25) is 0 Å². The highest BCUT2D eigenvalue weighted by molar-refractivity contribution is 9.10. The van der Waals surface area contributed by atoms with E-state index in [-0.39, 0.29) is 0 Å². The van der Waals surface area contributed by atoms with Crippen LogP contribution in [0.3, 0.4) is 0 Å². The van der Waals surface area contributed by atoms with Crippen molar-refractivity contribution in [3.8, 4) is 0 Å². The van der Waals surface area contributed by atoms with Gasteiger partial charge < -0.3 is 0 Å². The van der Waals surface area contributed by atoms with Crippen LogP contribution in [0, 0.1) is 0 Å². The van der Waals surface area contributed by atoms with Gasteiger partial charge >= 0.3 is 0 Å². The molecule has 0 N–H and O–H groups in total. The first-order chi connectivity index (χ1) is 8.18. The Balaban J connectivity index is 2.22. The van der Waals surface area contributed by atoms with Crippen LogP contribution >= 0.6 is 15.9 Å². The van der Waals surface area contributed by atoms with Crippen molar-refractivity contribution in [3.63, 3.8) is 0 Å². The van der Waals surface area contributed by atoms with Crippen molar-refractivity contribution in [2.45, 2.75) is 6.42 Å². The van der Waals surface area contributed by atoms with Crippen molar-refractivity contribution in [1.82, 2.24) is 0 Å². The summed E-state index contributed by atoms with van der Waals surface area (Å²) in [6.45, 7) is 0. The number of hydrogen-bond acceptors (Lipinski definition) is 2. The fourth-order valence-corrected chi connectivity index (χ4v) is 4.13. The summed E-state index contributed by atoms with van der Waals surface area (Å²) in [5, 5.41) is 2.29. The Morgan fingerprint density at radius 2 is 1.88 bits per heavy atom. The fraction of sp³-hybridized carbons (Fsp3) is 0.231. The van der Waals surface area contributed by atoms with Crippen LogP contribution in [0.15, 0.2) is 45.2 Å². The third kappa shape index (κ3) is 2.00. The van der Waals surface area contributed by atoms with E-state index in [1.165, 1.54) is 5.39 Å². The Morgan fingerprint density at radius 3 is 2.59 bits per heavy atom. The molecular weight excluding hydrogens is 298 g/mol. The van der Waals surface area contributed by atoms with Crippen LogP contribution in [0.2, 0.25) is 0 Å². The van der Waals surface area contributed by atoms with Crippen LogP contribution in [0.4, 0.5) is 5.69 Å². The molecule has 0 aromatic heterocycles. The Morgan fingerprint density at radius 1 is 1.12 bits per heavy atom. The Labute approximate surface area is 109 Å². The lowest BCUT2D eigenvalue weighted by atomic mass is 10.1. The summed E-state index contributed by atoms with van der Waals surface area (Å²) in [4.78, 5) is 0. The first-order valence-corrected chi connectivity index (χ1v) is 8.22. The van der Waals surface area contributed by atoms with E-state index in [0.29, 0.717) is 0 Å². The van der Waals surface area contributed by atoms with E-state index in [4.69, 9.17) is 0 Å². The van der Waals surface area contributed by atoms with E-state index in [9.17, 15) is 4.21 Å². The van der Waals surface area contributed by atoms with Gasteiger partial charge in [0.1, 0.15) is 0 Å². The van der Waals surface area contributed by atoms with Gasteiger partial charge in [-0.25, -0.2) is 4.21 Å². The van der Waals surface area contributed by atoms with E-state index >= 15 is 0 Å². The predicted molar refractivity (Wildman–Crippen MR) is 76.2 cm³/mol. The highest BCUT2D eigenvalue weighted by Crippen LogP contribution is 2.35. The first kappa shape index (κ1) is 11.2. The molecule has 3 rings (SSSR count). The highest BCUT2D eigenvalue weighted by Gasteiger charge is 2.19. The maximum absolute atomic E-state index is 12.1. The van der Waals surface area contributed by atoms with Gasteiger partial charge in [-0.2, -0.15) is 4.36 Å². The first-order valence-electron chi connectivity index (χ1n) is 5.58. The SMILES string of the molecule is O=S1(=Nc2ccc3ccccc3c2Br)CCC1. The van der Waals surface area contributed by atoms with Crippen LogP contribution in [0.5, 0.6) is 0 Å². The van der Waals surface area contributed by atoms with Gasteiger partial charge in [0.25, 0.3) is 0 Å². The van der Waals surface area contributed by atoms with E-state index in [1.54, 1.807) is 0 Å². The lowest BCUT2D eigenvalue weighted by Gasteiger charge is -2.18. The molecule has 1 fully saturated rings. The molecule has 0 atom stereocenters. The van der Waals surface area contributed by atoms with Gasteiger partial charge in [-0.05, 0) is 39.2 Å². The van der Waals surface area contributed by atoms with E-state index in [2.05, 4.69) is 26.4 Å². The molecule has 2 aromatic carbocycles. The second-order valence-corrected chi connectivity index (χ2v) is 7.58. The number of benzene rings is 2. The number of fused-ring (bicyclic) bond motifs is 1. The normalized spacial score (nSPS) is 17.7. The zero-order valence-corrected chi connectivity index (χ0v) is 11.6. The van der Waals surface area contributed by atoms with Crippen molar-refractivity contribution in [3.05, 3.63) is 40.9 Å². The third-order valence-corrected chi connectivity index (χ3v) is 6.25. The molecule has 1 aliphatic heterocycles. The predicted octanol–water partition coefficient (Wildman–Crippen LogP) is 4.11. The summed E-state index contributed by atoms with van der Waals surface area (Å²) in [5.74, 6) is 1.48. The second kappa shape index (κ2) is 4.10. The maximum Gasteiger partial charge on any atom is 0.0878 e. The van der Waals surface area contributed by atoms with Gasteiger partial charge in [-0.1, -0.05) is 30.3 Å².